The van der Waals surface area contributed by atoms with Crippen molar-refractivity contribution in [2.75, 3.05) is 73.3 Å². The lowest BCUT2D eigenvalue weighted by Gasteiger charge is -2.31. The molecule has 0 spiro atoms. The number of esters is 1. The van der Waals surface area contributed by atoms with Crippen LogP contribution in [0.15, 0.2) is 52.1 Å². The average Bonchev–Trinajstić information content (AvgIpc) is 3.24. The molecule has 0 saturated carbocycles. The standard InChI is InChI=1S/C16H14ClF3N2O4.C15H22ClNO2.C9H16ClN5.C3H8NO5P.C3H9S/c1-8(2)26-14(24)10-6-9(4-5-11(10)17)22-13(23)7-12(16(18,19)20)21(3)15(22)25;1-5-13-8-6-7-11(2)15(13)17(14(18)9-16)12(3)10-19-4;1-5-11-7-12-6(10)13-8(14-7)15-9(2,3)4;5-3(6)1-4-2-10(7,8)9;1-4(2)3/h4-8H,1-3H3;6-8,12H,5,9-10H2,1-4H3;5H2,1-4H3,(H2,11,12,13,14,15);4H,1-2H2,(H,5,6)(H2,7,8,9);1-3H3/q;;;;+1/p-1. The van der Waals surface area contributed by atoms with Crippen LogP contribution in [0, 0.1) is 6.92 Å². The number of carbonyl (C=O) groups excluding carboxylic acids is 2. The van der Waals surface area contributed by atoms with Crippen molar-refractivity contribution in [2.24, 2.45) is 7.05 Å². The molecular formula is C46H68Cl3F3N9O11PS. The maximum Gasteiger partial charge on any atom is 0.431 e. The van der Waals surface area contributed by atoms with E-state index in [1.165, 1.54) is 12.1 Å². The van der Waals surface area contributed by atoms with Gasteiger partial charge in [-0.1, -0.05) is 36.7 Å². The van der Waals surface area contributed by atoms with Crippen molar-refractivity contribution in [1.29, 1.82) is 0 Å². The van der Waals surface area contributed by atoms with Crippen molar-refractivity contribution in [1.82, 2.24) is 29.4 Å². The number of carboxylic acid groups (broad SMARTS) is 1. The summed E-state index contributed by atoms with van der Waals surface area (Å²) < 4.78 is 59.7. The number of aliphatic carboxylic acids is 1. The molecule has 416 valence electrons. The fourth-order valence-electron chi connectivity index (χ4n) is 5.83. The Kier molecular flexibility index (Phi) is 30.5. The van der Waals surface area contributed by atoms with Crippen LogP contribution in [0.25, 0.3) is 5.69 Å². The molecule has 2 atom stereocenters. The molecule has 0 aliphatic heterocycles. The minimum atomic E-state index is -4.86. The lowest BCUT2D eigenvalue weighted by molar-refractivity contribution is -0.193. The van der Waals surface area contributed by atoms with Gasteiger partial charge in [-0.05, 0) is 114 Å². The Morgan fingerprint density at radius 2 is 1.57 bits per heavy atom. The summed E-state index contributed by atoms with van der Waals surface area (Å²) in [5.74, 6) is -1.10. The summed E-state index contributed by atoms with van der Waals surface area (Å²) in [6.07, 6.45) is 1.45. The molecule has 5 N–H and O–H groups in total. The molecule has 0 saturated heterocycles. The topological polar surface area (TPSA) is 272 Å². The largest absolute Gasteiger partial charge is 0.778 e. The number of aromatic nitrogens is 5. The smallest absolute Gasteiger partial charge is 0.431 e. The van der Waals surface area contributed by atoms with E-state index in [2.05, 4.69) is 57.3 Å². The van der Waals surface area contributed by atoms with Crippen molar-refractivity contribution < 1.29 is 56.5 Å². The van der Waals surface area contributed by atoms with E-state index in [-0.39, 0.29) is 44.9 Å². The van der Waals surface area contributed by atoms with E-state index in [1.807, 2.05) is 59.0 Å². The number of carboxylic acids is 1. The zero-order valence-corrected chi connectivity index (χ0v) is 47.8. The lowest BCUT2D eigenvalue weighted by Crippen LogP contribution is -2.43. The Hall–Kier alpha value is -4.78. The molecule has 0 aliphatic rings. The Bertz CT molecular complexity index is 2610. The zero-order valence-electron chi connectivity index (χ0n) is 43.8. The van der Waals surface area contributed by atoms with Crippen molar-refractivity contribution in [3.05, 3.63) is 96.0 Å². The van der Waals surface area contributed by atoms with Crippen LogP contribution in [-0.4, -0.2) is 127 Å². The monoisotopic (exact) mass is 1150 g/mol. The van der Waals surface area contributed by atoms with Crippen molar-refractivity contribution in [3.63, 3.8) is 0 Å². The molecule has 2 aromatic heterocycles. The minimum Gasteiger partial charge on any atom is -0.778 e. The predicted octanol–water partition coefficient (Wildman–Crippen LogP) is 6.76. The van der Waals surface area contributed by atoms with Gasteiger partial charge in [0.25, 0.3) is 5.56 Å². The number of hydrogen-bond acceptors (Lipinski definition) is 15. The van der Waals surface area contributed by atoms with Gasteiger partial charge < -0.3 is 44.5 Å². The van der Waals surface area contributed by atoms with Gasteiger partial charge in [0, 0.05) is 32.3 Å². The fourth-order valence-corrected chi connectivity index (χ4v) is 6.70. The van der Waals surface area contributed by atoms with E-state index >= 15 is 0 Å². The molecule has 2 aromatic carbocycles. The quantitative estimate of drug-likeness (QED) is 0.0335. The highest BCUT2D eigenvalue weighted by atomic mass is 35.5. The second kappa shape index (κ2) is 32.6. The lowest BCUT2D eigenvalue weighted by atomic mass is 10.0. The van der Waals surface area contributed by atoms with Gasteiger partial charge in [-0.2, -0.15) is 28.1 Å². The molecule has 4 rings (SSSR count). The number of amides is 1. The number of benzene rings is 2. The summed E-state index contributed by atoms with van der Waals surface area (Å²) in [6.45, 7) is 18.1. The zero-order chi connectivity index (χ0) is 57.5. The van der Waals surface area contributed by atoms with E-state index in [1.54, 1.807) is 25.9 Å². The molecule has 0 aliphatic carbocycles. The number of anilines is 3. The van der Waals surface area contributed by atoms with E-state index in [0.29, 0.717) is 44.6 Å². The van der Waals surface area contributed by atoms with Gasteiger partial charge in [0.05, 0.1) is 72.3 Å². The number of carbonyl (C=O) groups is 3. The first-order valence-electron chi connectivity index (χ1n) is 22.3. The number of rotatable bonds is 16. The Balaban J connectivity index is 0.000000982. The molecule has 74 heavy (non-hydrogen) atoms. The molecule has 28 heteroatoms. The number of nitrogens with zero attached hydrogens (tertiary/aromatic N) is 6. The number of nitrogens with one attached hydrogen (secondary N) is 3. The number of ether oxygens (including phenoxy) is 2. The molecule has 2 heterocycles. The maximum atomic E-state index is 12.9. The Labute approximate surface area is 447 Å². The molecule has 0 fully saturated rings. The fraction of sp³-hybridized carbons (Fsp3) is 0.522. The van der Waals surface area contributed by atoms with Gasteiger partial charge >= 0.3 is 23.8 Å². The molecule has 1 amide bonds. The third-order valence-electron chi connectivity index (χ3n) is 8.57. The normalized spacial score (nSPS) is 12.2. The molecular weight excluding hydrogens is 1080 g/mol. The van der Waals surface area contributed by atoms with Crippen LogP contribution in [0.3, 0.4) is 0 Å². The Morgan fingerprint density at radius 3 is 2.04 bits per heavy atom. The first kappa shape index (κ1) is 69.2. The second-order valence-corrected chi connectivity index (χ2v) is 22.3. The molecule has 4 aromatic rings. The molecule has 20 nitrogen and oxygen atoms in total. The van der Waals surface area contributed by atoms with Gasteiger partial charge in [-0.15, -0.1) is 11.6 Å². The number of para-hydroxylation sites is 1. The number of hydrogen-bond donors (Lipinski definition) is 5. The number of halogens is 6. The van der Waals surface area contributed by atoms with Crippen LogP contribution in [0.1, 0.15) is 82.6 Å². The highest BCUT2D eigenvalue weighted by Crippen LogP contribution is 2.29. The van der Waals surface area contributed by atoms with E-state index in [9.17, 15) is 46.6 Å². The van der Waals surface area contributed by atoms with Crippen LogP contribution in [0.2, 0.25) is 10.3 Å². The van der Waals surface area contributed by atoms with E-state index in [4.69, 9.17) is 54.3 Å². The first-order chi connectivity index (χ1) is 34.0. The molecule has 0 radical (unpaired) electrons. The number of aryl methyl sites for hydroxylation is 2. The van der Waals surface area contributed by atoms with Gasteiger partial charge in [0.15, 0.2) is 0 Å². The highest BCUT2D eigenvalue weighted by molar-refractivity contribution is 7.94. The van der Waals surface area contributed by atoms with Crippen LogP contribution in [0.5, 0.6) is 0 Å². The molecule has 0 bridgehead atoms. The van der Waals surface area contributed by atoms with Crippen LogP contribution in [-0.2, 0) is 54.2 Å². The first-order valence-corrected chi connectivity index (χ1v) is 27.8. The van der Waals surface area contributed by atoms with Crippen LogP contribution in [0.4, 0.5) is 30.8 Å². The maximum absolute atomic E-state index is 12.9. The van der Waals surface area contributed by atoms with Crippen LogP contribution >= 0.6 is 42.4 Å². The summed E-state index contributed by atoms with van der Waals surface area (Å²) >= 11 is 17.5. The summed E-state index contributed by atoms with van der Waals surface area (Å²) in [5.41, 5.74) is -0.898. The minimum absolute atomic E-state index is 0.0104. The van der Waals surface area contributed by atoms with Gasteiger partial charge in [0.1, 0.15) is 19.2 Å². The SMILES string of the molecule is CC(C)OC(=O)c1cc(-n2c(=O)cc(C(F)(F)F)n(C)c2=O)ccc1Cl.CCNc1nc(Cl)nc(NC(C)(C)C)n1.CCc1cccc(C)c1N(C(=O)CCl)C(C)COC.C[S+](C)C.O=C(O)CNCP(=O)([O-])O. The highest BCUT2D eigenvalue weighted by Gasteiger charge is 2.35. The third kappa shape index (κ3) is 26.1. The van der Waals surface area contributed by atoms with E-state index in [0.717, 1.165) is 42.9 Å². The van der Waals surface area contributed by atoms with Crippen molar-refractivity contribution >= 4 is 88.7 Å². The number of alkyl halides is 4. The van der Waals surface area contributed by atoms with E-state index < -0.39 is 61.6 Å². The molecule has 2 unspecified atom stereocenters. The van der Waals surface area contributed by atoms with Gasteiger partial charge in [-0.25, -0.2) is 14.2 Å². The summed E-state index contributed by atoms with van der Waals surface area (Å²) in [5, 5.41) is 16.3. The average molecular weight is 1150 g/mol. The van der Waals surface area contributed by atoms with Gasteiger partial charge in [-0.3, -0.25) is 24.3 Å². The number of methoxy groups -OCH3 is 1. The predicted molar refractivity (Wildman–Crippen MR) is 286 cm³/mol. The van der Waals surface area contributed by atoms with Crippen molar-refractivity contribution in [2.45, 2.75) is 92.6 Å². The third-order valence-corrected chi connectivity index (χ3v) is 9.92. The second-order valence-electron chi connectivity index (χ2n) is 17.3. The Morgan fingerprint density at radius 1 is 0.986 bits per heavy atom. The summed E-state index contributed by atoms with van der Waals surface area (Å²) in [6, 6.07) is 9.95. The van der Waals surface area contributed by atoms with Crippen LogP contribution < -0.4 is 37.0 Å². The summed E-state index contributed by atoms with van der Waals surface area (Å²) in [4.78, 5) is 90.3. The van der Waals surface area contributed by atoms with Gasteiger partial charge in [0.2, 0.25) is 23.1 Å². The summed E-state index contributed by atoms with van der Waals surface area (Å²) in [7, 11) is -1.18. The van der Waals surface area contributed by atoms with Crippen molar-refractivity contribution in [3.8, 4) is 5.69 Å².